The molecular weight excluding hydrogens is 843 g/mol. The third-order valence-corrected chi connectivity index (χ3v) is 13.2. The zero-order valence-corrected chi connectivity index (χ0v) is 37.6. The SMILES string of the molecule is C1=CC(c2cc(-c3nc(-c4ccccc4)nc(-c4ccccc4)n3)cc(-c3ccccc3)c2N(c2ccccc2)c2ccc3c(c2)oc2cc4c5ccccc5n(-c5ccccc5)c4cc23)=CCC1. The van der Waals surface area contributed by atoms with Crippen LogP contribution in [-0.2, 0) is 0 Å². The molecule has 13 rings (SSSR count). The summed E-state index contributed by atoms with van der Waals surface area (Å²) in [6.45, 7) is 0. The number of anilines is 3. The van der Waals surface area contributed by atoms with E-state index in [0.717, 1.165) is 107 Å². The second kappa shape index (κ2) is 16.9. The summed E-state index contributed by atoms with van der Waals surface area (Å²) in [5.41, 5.74) is 15.2. The Morgan fingerprint density at radius 2 is 0.986 bits per heavy atom. The fourth-order valence-electron chi connectivity index (χ4n) is 10.0. The van der Waals surface area contributed by atoms with Crippen LogP contribution >= 0.6 is 0 Å². The molecule has 9 aromatic carbocycles. The van der Waals surface area contributed by atoms with Crippen LogP contribution in [0.5, 0.6) is 0 Å². The van der Waals surface area contributed by atoms with Crippen LogP contribution in [-0.4, -0.2) is 19.5 Å². The topological polar surface area (TPSA) is 60.0 Å². The van der Waals surface area contributed by atoms with Gasteiger partial charge in [-0.1, -0.05) is 164 Å². The molecule has 0 atom stereocenters. The van der Waals surface area contributed by atoms with Gasteiger partial charge >= 0.3 is 0 Å². The van der Waals surface area contributed by atoms with Crippen LogP contribution in [0.15, 0.2) is 241 Å². The maximum atomic E-state index is 6.94. The highest BCUT2D eigenvalue weighted by Crippen LogP contribution is 2.49. The summed E-state index contributed by atoms with van der Waals surface area (Å²) in [6.07, 6.45) is 8.82. The molecule has 6 heteroatoms. The van der Waals surface area contributed by atoms with Gasteiger partial charge in [-0.05, 0) is 90.7 Å². The molecule has 1 aliphatic carbocycles. The van der Waals surface area contributed by atoms with Crippen molar-refractivity contribution in [2.75, 3.05) is 4.90 Å². The molecule has 69 heavy (non-hydrogen) atoms. The van der Waals surface area contributed by atoms with Crippen LogP contribution in [0.2, 0.25) is 0 Å². The van der Waals surface area contributed by atoms with Gasteiger partial charge < -0.3 is 13.9 Å². The van der Waals surface area contributed by atoms with Gasteiger partial charge in [-0.3, -0.25) is 0 Å². The largest absolute Gasteiger partial charge is 0.456 e. The van der Waals surface area contributed by atoms with Crippen molar-refractivity contribution in [3.63, 3.8) is 0 Å². The lowest BCUT2D eigenvalue weighted by atomic mass is 9.89. The van der Waals surface area contributed by atoms with Crippen LogP contribution in [0.4, 0.5) is 17.1 Å². The number of aromatic nitrogens is 4. The van der Waals surface area contributed by atoms with E-state index in [1.165, 1.54) is 10.9 Å². The molecule has 0 saturated heterocycles. The minimum atomic E-state index is 0.600. The minimum absolute atomic E-state index is 0.600. The highest BCUT2D eigenvalue weighted by molar-refractivity contribution is 6.17. The first-order valence-corrected chi connectivity index (χ1v) is 23.5. The van der Waals surface area contributed by atoms with E-state index in [1.807, 2.05) is 36.4 Å². The second-order valence-electron chi connectivity index (χ2n) is 17.5. The van der Waals surface area contributed by atoms with Gasteiger partial charge in [0.05, 0.1) is 16.7 Å². The van der Waals surface area contributed by atoms with Gasteiger partial charge in [0.1, 0.15) is 11.2 Å². The van der Waals surface area contributed by atoms with Crippen LogP contribution in [0.25, 0.3) is 100 Å². The van der Waals surface area contributed by atoms with E-state index in [2.05, 4.69) is 210 Å². The molecule has 0 aliphatic heterocycles. The van der Waals surface area contributed by atoms with E-state index < -0.39 is 0 Å². The van der Waals surface area contributed by atoms with E-state index in [-0.39, 0.29) is 0 Å². The molecule has 0 spiro atoms. The van der Waals surface area contributed by atoms with Gasteiger partial charge in [0.2, 0.25) is 0 Å². The molecule has 0 radical (unpaired) electrons. The Kier molecular flexibility index (Phi) is 9.86. The third-order valence-electron chi connectivity index (χ3n) is 13.2. The molecule has 0 fully saturated rings. The van der Waals surface area contributed by atoms with Crippen molar-refractivity contribution < 1.29 is 4.42 Å². The molecular formula is C63H43N5O. The van der Waals surface area contributed by atoms with Crippen molar-refractivity contribution in [2.24, 2.45) is 0 Å². The molecule has 326 valence electrons. The van der Waals surface area contributed by atoms with Crippen molar-refractivity contribution in [3.8, 4) is 51.0 Å². The molecule has 0 unspecified atom stereocenters. The van der Waals surface area contributed by atoms with Crippen LogP contribution in [0, 0.1) is 0 Å². The fourth-order valence-corrected chi connectivity index (χ4v) is 10.0. The molecule has 0 bridgehead atoms. The number of benzene rings is 9. The number of rotatable bonds is 9. The second-order valence-corrected chi connectivity index (χ2v) is 17.5. The molecule has 0 saturated carbocycles. The van der Waals surface area contributed by atoms with Crippen LogP contribution in [0.1, 0.15) is 18.4 Å². The Morgan fingerprint density at radius 3 is 1.65 bits per heavy atom. The van der Waals surface area contributed by atoms with Gasteiger partial charge in [-0.15, -0.1) is 0 Å². The van der Waals surface area contributed by atoms with E-state index in [0.29, 0.717) is 17.5 Å². The minimum Gasteiger partial charge on any atom is -0.456 e. The molecule has 3 aromatic heterocycles. The summed E-state index contributed by atoms with van der Waals surface area (Å²) >= 11 is 0. The summed E-state index contributed by atoms with van der Waals surface area (Å²) in [7, 11) is 0. The number of hydrogen-bond acceptors (Lipinski definition) is 5. The van der Waals surface area contributed by atoms with Gasteiger partial charge in [-0.2, -0.15) is 0 Å². The van der Waals surface area contributed by atoms with E-state index in [9.17, 15) is 0 Å². The van der Waals surface area contributed by atoms with Crippen LogP contribution < -0.4 is 4.90 Å². The van der Waals surface area contributed by atoms with E-state index >= 15 is 0 Å². The lowest BCUT2D eigenvalue weighted by Crippen LogP contribution is -2.14. The summed E-state index contributed by atoms with van der Waals surface area (Å²) in [4.78, 5) is 17.9. The Hall–Kier alpha value is -9.13. The van der Waals surface area contributed by atoms with Crippen LogP contribution in [0.3, 0.4) is 0 Å². The predicted octanol–water partition coefficient (Wildman–Crippen LogP) is 16.7. The predicted molar refractivity (Wildman–Crippen MR) is 284 cm³/mol. The monoisotopic (exact) mass is 885 g/mol. The highest BCUT2D eigenvalue weighted by Gasteiger charge is 2.26. The summed E-state index contributed by atoms with van der Waals surface area (Å²) < 4.78 is 9.30. The smallest absolute Gasteiger partial charge is 0.164 e. The first-order chi connectivity index (χ1) is 34.2. The van der Waals surface area contributed by atoms with Gasteiger partial charge in [0.25, 0.3) is 0 Å². The first kappa shape index (κ1) is 40.2. The average molecular weight is 886 g/mol. The number of allylic oxidation sites excluding steroid dienone is 4. The van der Waals surface area contributed by atoms with Gasteiger partial charge in [-0.25, -0.2) is 15.0 Å². The summed E-state index contributed by atoms with van der Waals surface area (Å²) in [5.74, 6) is 1.84. The Morgan fingerprint density at radius 1 is 0.406 bits per heavy atom. The summed E-state index contributed by atoms with van der Waals surface area (Å²) in [5, 5.41) is 4.48. The fraction of sp³-hybridized carbons (Fsp3) is 0.0317. The number of nitrogens with zero attached hydrogens (tertiary/aromatic N) is 5. The first-order valence-electron chi connectivity index (χ1n) is 23.5. The van der Waals surface area contributed by atoms with Gasteiger partial charge in [0, 0.05) is 72.5 Å². The highest BCUT2D eigenvalue weighted by atomic mass is 16.3. The lowest BCUT2D eigenvalue weighted by molar-refractivity contribution is 0.669. The molecule has 1 aliphatic rings. The number of furan rings is 1. The quantitative estimate of drug-likeness (QED) is 0.144. The van der Waals surface area contributed by atoms with Gasteiger partial charge in [0.15, 0.2) is 17.5 Å². The van der Waals surface area contributed by atoms with Crippen molar-refractivity contribution in [1.82, 2.24) is 19.5 Å². The Labute approximate surface area is 399 Å². The number of hydrogen-bond donors (Lipinski definition) is 0. The third kappa shape index (κ3) is 7.18. The molecule has 0 N–H and O–H groups in total. The number of para-hydroxylation sites is 3. The zero-order chi connectivity index (χ0) is 45.7. The van der Waals surface area contributed by atoms with Crippen molar-refractivity contribution >= 4 is 66.4 Å². The lowest BCUT2D eigenvalue weighted by Gasteiger charge is -2.31. The van der Waals surface area contributed by atoms with E-state index in [1.54, 1.807) is 0 Å². The molecule has 12 aromatic rings. The Balaban J connectivity index is 1.05. The molecule has 0 amide bonds. The maximum Gasteiger partial charge on any atom is 0.164 e. The standard InChI is InChI=1S/C63H43N5O/c1-7-21-42(22-8-1)52-37-46(63-65-61(44-25-11-3-12-26-44)64-62(66-63)45-27-13-4-14-28-45)38-53(43-23-9-2-10-24-43)60(52)67(47-29-15-5-16-30-47)49-35-36-51-55-40-57-54(41-59(55)69-58(51)39-49)50-33-19-20-34-56(50)68(57)48-31-17-6-18-32-48/h1,3-9,11-41H,2,10H2. The van der Waals surface area contributed by atoms with E-state index in [4.69, 9.17) is 19.4 Å². The Bertz CT molecular complexity index is 3880. The molecule has 6 nitrogen and oxygen atoms in total. The number of fused-ring (bicyclic) bond motifs is 6. The van der Waals surface area contributed by atoms with Crippen molar-refractivity contribution in [1.29, 1.82) is 0 Å². The molecule has 3 heterocycles. The maximum absolute atomic E-state index is 6.94. The summed E-state index contributed by atoms with van der Waals surface area (Å²) in [6, 6.07) is 76.6. The average Bonchev–Trinajstić information content (AvgIpc) is 3.95. The zero-order valence-electron chi connectivity index (χ0n) is 37.6. The van der Waals surface area contributed by atoms with Crippen molar-refractivity contribution in [3.05, 3.63) is 242 Å². The normalized spacial score (nSPS) is 12.6. The van der Waals surface area contributed by atoms with Crippen molar-refractivity contribution in [2.45, 2.75) is 12.8 Å².